The van der Waals surface area contributed by atoms with Crippen molar-refractivity contribution in [3.8, 4) is 0 Å². The molecular formula is C11H13F2NO2S. The molecule has 17 heavy (non-hydrogen) atoms. The lowest BCUT2D eigenvalue weighted by Crippen LogP contribution is -2.36. The van der Waals surface area contributed by atoms with Gasteiger partial charge in [0.05, 0.1) is 0 Å². The topological polar surface area (TPSA) is 37.4 Å². The van der Waals surface area contributed by atoms with Gasteiger partial charge in [0, 0.05) is 13.1 Å². The van der Waals surface area contributed by atoms with Crippen LogP contribution in [0.3, 0.4) is 0 Å². The van der Waals surface area contributed by atoms with Gasteiger partial charge in [-0.05, 0) is 31.0 Å². The van der Waals surface area contributed by atoms with E-state index in [1.165, 1.54) is 4.31 Å². The van der Waals surface area contributed by atoms with Gasteiger partial charge in [-0.25, -0.2) is 17.2 Å². The van der Waals surface area contributed by atoms with Crippen molar-refractivity contribution in [2.24, 2.45) is 0 Å². The first-order valence-electron chi connectivity index (χ1n) is 5.47. The van der Waals surface area contributed by atoms with Crippen molar-refractivity contribution < 1.29 is 17.2 Å². The van der Waals surface area contributed by atoms with Crippen molar-refractivity contribution in [2.75, 3.05) is 13.1 Å². The Kier molecular flexibility index (Phi) is 3.44. The van der Waals surface area contributed by atoms with Gasteiger partial charge in [-0.15, -0.1) is 0 Å². The first-order valence-corrected chi connectivity index (χ1v) is 6.91. The molecule has 0 amide bonds. The quantitative estimate of drug-likeness (QED) is 0.818. The van der Waals surface area contributed by atoms with Crippen LogP contribution in [0.2, 0.25) is 0 Å². The maximum Gasteiger partial charge on any atom is 0.246 e. The Hall–Kier alpha value is -1.01. The fourth-order valence-corrected chi connectivity index (χ4v) is 3.51. The van der Waals surface area contributed by atoms with Crippen molar-refractivity contribution in [3.05, 3.63) is 29.8 Å². The Morgan fingerprint density at radius 3 is 2.35 bits per heavy atom. The molecule has 6 heteroatoms. The second kappa shape index (κ2) is 4.70. The molecule has 94 valence electrons. The van der Waals surface area contributed by atoms with Crippen molar-refractivity contribution in [1.29, 1.82) is 0 Å². The number of hydrogen-bond acceptors (Lipinski definition) is 2. The lowest BCUT2D eigenvalue weighted by molar-refractivity contribution is 0.344. The Bertz CT molecular complexity index is 510. The highest BCUT2D eigenvalue weighted by molar-refractivity contribution is 7.89. The van der Waals surface area contributed by atoms with Gasteiger partial charge in [0.1, 0.15) is 16.5 Å². The minimum absolute atomic E-state index is 0.373. The fraction of sp³-hybridized carbons (Fsp3) is 0.455. The predicted octanol–water partition coefficient (Wildman–Crippen LogP) is 2.14. The second-order valence-corrected chi connectivity index (χ2v) is 5.95. The molecule has 0 aromatic heterocycles. The van der Waals surface area contributed by atoms with Crippen molar-refractivity contribution >= 4 is 10.0 Å². The summed E-state index contributed by atoms with van der Waals surface area (Å²) < 4.78 is 51.8. The summed E-state index contributed by atoms with van der Waals surface area (Å²) in [7, 11) is -3.90. The van der Waals surface area contributed by atoms with E-state index in [0.29, 0.717) is 13.1 Å². The van der Waals surface area contributed by atoms with Gasteiger partial charge in [-0.1, -0.05) is 6.42 Å². The van der Waals surface area contributed by atoms with E-state index < -0.39 is 26.6 Å². The van der Waals surface area contributed by atoms with Crippen molar-refractivity contribution in [2.45, 2.75) is 24.2 Å². The molecule has 0 N–H and O–H groups in total. The van der Waals surface area contributed by atoms with Crippen LogP contribution in [-0.2, 0) is 10.0 Å². The minimum atomic E-state index is -3.90. The van der Waals surface area contributed by atoms with Crippen LogP contribution in [0.5, 0.6) is 0 Å². The number of rotatable bonds is 2. The first kappa shape index (κ1) is 12.4. The molecule has 2 rings (SSSR count). The Balaban J connectivity index is 2.40. The summed E-state index contributed by atoms with van der Waals surface area (Å²) in [6, 6.07) is 2.48. The average molecular weight is 261 g/mol. The molecule has 0 spiro atoms. The van der Waals surface area contributed by atoms with Gasteiger partial charge < -0.3 is 0 Å². The van der Waals surface area contributed by atoms with Crippen LogP contribution < -0.4 is 0 Å². The second-order valence-electron chi connectivity index (χ2n) is 4.04. The lowest BCUT2D eigenvalue weighted by atomic mass is 10.2. The normalized spacial score (nSPS) is 18.2. The Morgan fingerprint density at radius 2 is 1.71 bits per heavy atom. The van der Waals surface area contributed by atoms with Crippen LogP contribution in [0.15, 0.2) is 23.1 Å². The molecule has 1 aromatic carbocycles. The van der Waals surface area contributed by atoms with Crippen LogP contribution in [0.4, 0.5) is 8.78 Å². The lowest BCUT2D eigenvalue weighted by Gasteiger charge is -2.25. The summed E-state index contributed by atoms with van der Waals surface area (Å²) in [4.78, 5) is -0.570. The number of halogens is 2. The van der Waals surface area contributed by atoms with Crippen LogP contribution >= 0.6 is 0 Å². The predicted molar refractivity (Wildman–Crippen MR) is 59.0 cm³/mol. The fourth-order valence-electron chi connectivity index (χ4n) is 1.92. The molecule has 1 aliphatic rings. The van der Waals surface area contributed by atoms with Gasteiger partial charge in [-0.3, -0.25) is 0 Å². The SMILES string of the molecule is O=S(=O)(c1cc(F)ccc1F)N1CCCCC1. The zero-order valence-electron chi connectivity index (χ0n) is 9.20. The highest BCUT2D eigenvalue weighted by Crippen LogP contribution is 2.23. The van der Waals surface area contributed by atoms with E-state index in [4.69, 9.17) is 0 Å². The minimum Gasteiger partial charge on any atom is -0.207 e. The highest BCUT2D eigenvalue weighted by atomic mass is 32.2. The van der Waals surface area contributed by atoms with Gasteiger partial charge in [0.25, 0.3) is 0 Å². The molecule has 1 heterocycles. The van der Waals surface area contributed by atoms with Crippen LogP contribution in [-0.4, -0.2) is 25.8 Å². The smallest absolute Gasteiger partial charge is 0.207 e. The molecule has 0 radical (unpaired) electrons. The molecular weight excluding hydrogens is 248 g/mol. The molecule has 1 fully saturated rings. The summed E-state index contributed by atoms with van der Waals surface area (Å²) in [5.41, 5.74) is 0. The van der Waals surface area contributed by atoms with E-state index in [0.717, 1.165) is 37.5 Å². The molecule has 3 nitrogen and oxygen atoms in total. The third kappa shape index (κ3) is 2.47. The van der Waals surface area contributed by atoms with E-state index in [2.05, 4.69) is 0 Å². The summed E-state index contributed by atoms with van der Waals surface area (Å²) in [6.45, 7) is 0.747. The van der Waals surface area contributed by atoms with E-state index in [1.807, 2.05) is 0 Å². The zero-order valence-corrected chi connectivity index (χ0v) is 10.0. The number of sulfonamides is 1. The maximum atomic E-state index is 13.4. The third-order valence-corrected chi connectivity index (χ3v) is 4.74. The van der Waals surface area contributed by atoms with Crippen LogP contribution in [0.1, 0.15) is 19.3 Å². The number of hydrogen-bond donors (Lipinski definition) is 0. The first-order chi connectivity index (χ1) is 8.01. The highest BCUT2D eigenvalue weighted by Gasteiger charge is 2.28. The van der Waals surface area contributed by atoms with E-state index >= 15 is 0 Å². The molecule has 0 saturated carbocycles. The number of piperidine rings is 1. The Morgan fingerprint density at radius 1 is 1.06 bits per heavy atom. The van der Waals surface area contributed by atoms with E-state index in [9.17, 15) is 17.2 Å². The standard InChI is InChI=1S/C11H13F2NO2S/c12-9-4-5-10(13)11(8-9)17(15,16)14-6-2-1-3-7-14/h4-5,8H,1-3,6-7H2. The molecule has 0 atom stereocenters. The average Bonchev–Trinajstić information content (AvgIpc) is 2.33. The monoisotopic (exact) mass is 261 g/mol. The summed E-state index contributed by atoms with van der Waals surface area (Å²) in [5.74, 6) is -1.65. The third-order valence-electron chi connectivity index (χ3n) is 2.83. The van der Waals surface area contributed by atoms with Gasteiger partial charge >= 0.3 is 0 Å². The largest absolute Gasteiger partial charge is 0.246 e. The molecule has 1 aromatic rings. The van der Waals surface area contributed by atoms with E-state index in [1.54, 1.807) is 0 Å². The maximum absolute atomic E-state index is 13.4. The summed E-state index contributed by atoms with van der Waals surface area (Å²) in [6.07, 6.45) is 2.49. The number of benzene rings is 1. The molecule has 1 saturated heterocycles. The van der Waals surface area contributed by atoms with Gasteiger partial charge in [0.2, 0.25) is 10.0 Å². The van der Waals surface area contributed by atoms with Crippen LogP contribution in [0, 0.1) is 11.6 Å². The molecule has 0 aliphatic carbocycles. The molecule has 0 bridgehead atoms. The summed E-state index contributed by atoms with van der Waals surface area (Å²) in [5, 5.41) is 0. The van der Waals surface area contributed by atoms with Crippen molar-refractivity contribution in [3.63, 3.8) is 0 Å². The van der Waals surface area contributed by atoms with Gasteiger partial charge in [-0.2, -0.15) is 4.31 Å². The summed E-state index contributed by atoms with van der Waals surface area (Å²) >= 11 is 0. The van der Waals surface area contributed by atoms with Crippen molar-refractivity contribution in [1.82, 2.24) is 4.31 Å². The molecule has 1 aliphatic heterocycles. The number of nitrogens with zero attached hydrogens (tertiary/aromatic N) is 1. The van der Waals surface area contributed by atoms with E-state index in [-0.39, 0.29) is 0 Å². The molecule has 0 unspecified atom stereocenters. The Labute approximate surface area is 99.1 Å². The van der Waals surface area contributed by atoms with Gasteiger partial charge in [0.15, 0.2) is 0 Å². The zero-order chi connectivity index (χ0) is 12.5. The van der Waals surface area contributed by atoms with Crippen LogP contribution in [0.25, 0.3) is 0 Å².